The summed E-state index contributed by atoms with van der Waals surface area (Å²) in [6, 6.07) is 0. The van der Waals surface area contributed by atoms with Gasteiger partial charge >= 0.3 is 0 Å². The van der Waals surface area contributed by atoms with Crippen LogP contribution in [0.15, 0.2) is 24.8 Å². The quantitative estimate of drug-likeness (QED) is 0.405. The molecule has 0 aromatic carbocycles. The standard InChI is InChI=1S/C4H8.C3H6.C2H6S/c1-4(2)3;1-3-2;1-2-3/h1H2,2-3H3;3H,1H2,2H3;3H,2H2,1H3. The number of hydrogen-bond acceptors (Lipinski definition) is 1. The largest absolute Gasteiger partial charge is 0.180 e. The zero-order valence-corrected chi connectivity index (χ0v) is 8.54. The molecule has 0 aliphatic rings. The Balaban J connectivity index is -0.0000000750. The second kappa shape index (κ2) is 23.2. The molecule has 0 saturated heterocycles. The number of rotatable bonds is 0. The van der Waals surface area contributed by atoms with Gasteiger partial charge in [0.1, 0.15) is 0 Å². The highest BCUT2D eigenvalue weighted by Crippen LogP contribution is 1.73. The van der Waals surface area contributed by atoms with E-state index in [9.17, 15) is 0 Å². The summed E-state index contributed by atoms with van der Waals surface area (Å²) in [6.45, 7) is 14.7. The second-order valence-electron chi connectivity index (χ2n) is 1.93. The van der Waals surface area contributed by atoms with Gasteiger partial charge in [0, 0.05) is 0 Å². The molecular formula is C9H20S. The topological polar surface area (TPSA) is 0 Å². The highest BCUT2D eigenvalue weighted by Gasteiger charge is 1.51. The molecule has 0 fully saturated rings. The Morgan fingerprint density at radius 3 is 1.50 bits per heavy atom. The van der Waals surface area contributed by atoms with E-state index in [0.29, 0.717) is 0 Å². The highest BCUT2D eigenvalue weighted by molar-refractivity contribution is 7.80. The Morgan fingerprint density at radius 2 is 1.50 bits per heavy atom. The van der Waals surface area contributed by atoms with E-state index < -0.39 is 0 Å². The molecule has 0 amide bonds. The summed E-state index contributed by atoms with van der Waals surface area (Å²) >= 11 is 3.79. The van der Waals surface area contributed by atoms with Crippen molar-refractivity contribution in [2.45, 2.75) is 27.7 Å². The maximum absolute atomic E-state index is 3.79. The van der Waals surface area contributed by atoms with E-state index in [1.54, 1.807) is 6.08 Å². The van der Waals surface area contributed by atoms with Gasteiger partial charge in [-0.15, -0.1) is 13.2 Å². The van der Waals surface area contributed by atoms with Crippen LogP contribution in [-0.2, 0) is 0 Å². The molecule has 0 aromatic heterocycles. The monoisotopic (exact) mass is 160 g/mol. The first kappa shape index (κ1) is 16.4. The van der Waals surface area contributed by atoms with Gasteiger partial charge in [-0.1, -0.05) is 18.6 Å². The predicted octanol–water partition coefficient (Wildman–Crippen LogP) is 3.71. The first-order chi connectivity index (χ1) is 4.56. The molecule has 10 heavy (non-hydrogen) atoms. The maximum atomic E-state index is 3.79. The molecule has 0 aliphatic carbocycles. The van der Waals surface area contributed by atoms with Crippen LogP contribution in [0.4, 0.5) is 0 Å². The van der Waals surface area contributed by atoms with Crippen LogP contribution in [0.3, 0.4) is 0 Å². The van der Waals surface area contributed by atoms with Crippen LogP contribution in [0.25, 0.3) is 0 Å². The van der Waals surface area contributed by atoms with Crippen molar-refractivity contribution in [2.24, 2.45) is 0 Å². The zero-order valence-electron chi connectivity index (χ0n) is 7.65. The molecular weight excluding hydrogens is 140 g/mol. The van der Waals surface area contributed by atoms with Gasteiger partial charge in [-0.2, -0.15) is 12.6 Å². The third-order valence-electron chi connectivity index (χ3n) is 0. The van der Waals surface area contributed by atoms with Gasteiger partial charge in [0.05, 0.1) is 0 Å². The van der Waals surface area contributed by atoms with E-state index in [0.717, 1.165) is 5.75 Å². The molecule has 0 N–H and O–H groups in total. The molecule has 0 rings (SSSR count). The van der Waals surface area contributed by atoms with E-state index in [-0.39, 0.29) is 0 Å². The van der Waals surface area contributed by atoms with Crippen LogP contribution in [0.2, 0.25) is 0 Å². The van der Waals surface area contributed by atoms with Gasteiger partial charge < -0.3 is 0 Å². The Bertz CT molecular complexity index is 61.1. The average molecular weight is 160 g/mol. The molecule has 0 radical (unpaired) electrons. The number of allylic oxidation sites excluding steroid dienone is 2. The third-order valence-corrected chi connectivity index (χ3v) is 0. The van der Waals surface area contributed by atoms with Crippen molar-refractivity contribution in [2.75, 3.05) is 5.75 Å². The molecule has 0 spiro atoms. The minimum absolute atomic E-state index is 0.944. The van der Waals surface area contributed by atoms with Gasteiger partial charge in [0.2, 0.25) is 0 Å². The fourth-order valence-corrected chi connectivity index (χ4v) is 0. The second-order valence-corrected chi connectivity index (χ2v) is 2.56. The van der Waals surface area contributed by atoms with Gasteiger partial charge in [0.15, 0.2) is 0 Å². The summed E-state index contributed by atoms with van der Waals surface area (Å²) < 4.78 is 0. The predicted molar refractivity (Wildman–Crippen MR) is 55.9 cm³/mol. The first-order valence-corrected chi connectivity index (χ1v) is 3.99. The summed E-state index contributed by atoms with van der Waals surface area (Å²) in [7, 11) is 0. The Hall–Kier alpha value is -0.170. The molecule has 0 nitrogen and oxygen atoms in total. The molecule has 1 heteroatoms. The van der Waals surface area contributed by atoms with Crippen molar-refractivity contribution in [3.05, 3.63) is 24.8 Å². The molecule has 0 saturated carbocycles. The van der Waals surface area contributed by atoms with Crippen LogP contribution in [-0.4, -0.2) is 5.75 Å². The van der Waals surface area contributed by atoms with Crippen molar-refractivity contribution < 1.29 is 0 Å². The molecule has 0 heterocycles. The molecule has 0 aliphatic heterocycles. The Labute approximate surface area is 71.4 Å². The van der Waals surface area contributed by atoms with Gasteiger partial charge in [-0.3, -0.25) is 0 Å². The number of hydrogen-bond donors (Lipinski definition) is 1. The summed E-state index contributed by atoms with van der Waals surface area (Å²) in [6.07, 6.45) is 1.75. The molecule has 0 aromatic rings. The van der Waals surface area contributed by atoms with Crippen molar-refractivity contribution in [3.63, 3.8) is 0 Å². The van der Waals surface area contributed by atoms with Crippen molar-refractivity contribution in [3.8, 4) is 0 Å². The normalized spacial score (nSPS) is 5.70. The van der Waals surface area contributed by atoms with Gasteiger partial charge in [-0.05, 0) is 26.5 Å². The smallest absolute Gasteiger partial charge is 0.0126 e. The van der Waals surface area contributed by atoms with E-state index in [1.165, 1.54) is 5.57 Å². The van der Waals surface area contributed by atoms with Crippen LogP contribution < -0.4 is 0 Å². The van der Waals surface area contributed by atoms with E-state index in [2.05, 4.69) is 25.8 Å². The van der Waals surface area contributed by atoms with E-state index in [4.69, 9.17) is 0 Å². The van der Waals surface area contributed by atoms with Crippen LogP contribution in [0.1, 0.15) is 27.7 Å². The lowest BCUT2D eigenvalue weighted by atomic mass is 10.4. The van der Waals surface area contributed by atoms with Crippen LogP contribution in [0.5, 0.6) is 0 Å². The lowest BCUT2D eigenvalue weighted by Gasteiger charge is -1.65. The number of thiol groups is 1. The summed E-state index contributed by atoms with van der Waals surface area (Å²) in [5, 5.41) is 0. The summed E-state index contributed by atoms with van der Waals surface area (Å²) in [5.74, 6) is 0.944. The molecule has 0 bridgehead atoms. The average Bonchev–Trinajstić information content (AvgIpc) is 1.65. The van der Waals surface area contributed by atoms with E-state index in [1.807, 2.05) is 27.7 Å². The lowest BCUT2D eigenvalue weighted by Crippen LogP contribution is -1.43. The van der Waals surface area contributed by atoms with Crippen LogP contribution >= 0.6 is 12.6 Å². The molecule has 62 valence electrons. The first-order valence-electron chi connectivity index (χ1n) is 3.36. The van der Waals surface area contributed by atoms with Crippen molar-refractivity contribution in [1.82, 2.24) is 0 Å². The fraction of sp³-hybridized carbons (Fsp3) is 0.556. The third kappa shape index (κ3) is 12600. The van der Waals surface area contributed by atoms with Crippen molar-refractivity contribution in [1.29, 1.82) is 0 Å². The molecule has 0 unspecified atom stereocenters. The lowest BCUT2D eigenvalue weighted by molar-refractivity contribution is 1.42. The molecule has 0 atom stereocenters. The summed E-state index contributed by atoms with van der Waals surface area (Å²) in [5.41, 5.74) is 1.17. The highest BCUT2D eigenvalue weighted by atomic mass is 32.1. The fourth-order valence-electron chi connectivity index (χ4n) is 0. The minimum Gasteiger partial charge on any atom is -0.180 e. The SMILES string of the molecule is C=C(C)C.C=CC.CCS. The van der Waals surface area contributed by atoms with Crippen molar-refractivity contribution >= 4 is 12.6 Å². The summed E-state index contributed by atoms with van der Waals surface area (Å²) in [4.78, 5) is 0. The van der Waals surface area contributed by atoms with Crippen LogP contribution in [0, 0.1) is 0 Å². The Morgan fingerprint density at radius 1 is 1.50 bits per heavy atom. The van der Waals surface area contributed by atoms with Gasteiger partial charge in [0.25, 0.3) is 0 Å². The van der Waals surface area contributed by atoms with E-state index >= 15 is 0 Å². The maximum Gasteiger partial charge on any atom is -0.0126 e. The minimum atomic E-state index is 0.944. The van der Waals surface area contributed by atoms with Gasteiger partial charge in [-0.25, -0.2) is 0 Å². The Kier molecular flexibility index (Phi) is 38.1. The zero-order chi connectivity index (χ0) is 8.99.